The number of hydrogen-bond donors (Lipinski definition) is 1. The smallest absolute Gasteiger partial charge is 0.290 e. The molecule has 1 aliphatic rings. The Morgan fingerprint density at radius 2 is 1.96 bits per heavy atom. The van der Waals surface area contributed by atoms with Crippen molar-refractivity contribution >= 4 is 62.7 Å². The normalized spacial score (nSPS) is 16.1. The highest BCUT2D eigenvalue weighted by Crippen LogP contribution is 2.33. The van der Waals surface area contributed by atoms with Crippen molar-refractivity contribution in [2.45, 2.75) is 0 Å². The summed E-state index contributed by atoms with van der Waals surface area (Å²) in [6.45, 7) is 0. The molecule has 1 aliphatic heterocycles. The molecule has 126 valence electrons. The minimum absolute atomic E-state index is 0.304. The van der Waals surface area contributed by atoms with E-state index in [1.807, 2.05) is 18.2 Å². The highest BCUT2D eigenvalue weighted by molar-refractivity contribution is 8.18. The van der Waals surface area contributed by atoms with Gasteiger partial charge in [-0.2, -0.15) is 8.75 Å². The zero-order valence-electron chi connectivity index (χ0n) is 12.9. The number of imide groups is 1. The van der Waals surface area contributed by atoms with Crippen LogP contribution in [0.15, 0.2) is 46.0 Å². The van der Waals surface area contributed by atoms with Gasteiger partial charge >= 0.3 is 0 Å². The Morgan fingerprint density at radius 3 is 2.81 bits per heavy atom. The van der Waals surface area contributed by atoms with Crippen LogP contribution in [0.3, 0.4) is 0 Å². The molecule has 1 aromatic carbocycles. The average Bonchev–Trinajstić information content (AvgIpc) is 3.32. The lowest BCUT2D eigenvalue weighted by molar-refractivity contribution is -0.115. The molecule has 1 fully saturated rings. The summed E-state index contributed by atoms with van der Waals surface area (Å²) < 4.78 is 14.4. The van der Waals surface area contributed by atoms with Gasteiger partial charge in [0.2, 0.25) is 0 Å². The maximum Gasteiger partial charge on any atom is 0.290 e. The number of thioether (sulfide) groups is 1. The summed E-state index contributed by atoms with van der Waals surface area (Å²) >= 11 is 2.02. The van der Waals surface area contributed by atoms with Gasteiger partial charge in [-0.25, -0.2) is 0 Å². The van der Waals surface area contributed by atoms with Crippen molar-refractivity contribution in [2.24, 2.45) is 0 Å². The van der Waals surface area contributed by atoms with Gasteiger partial charge in [0.25, 0.3) is 11.1 Å². The average molecular weight is 380 g/mol. The molecule has 1 N–H and O–H groups in total. The number of carbonyl (C=O) groups excluding carboxylic acids is 2. The van der Waals surface area contributed by atoms with Crippen molar-refractivity contribution in [1.82, 2.24) is 19.0 Å². The second kappa shape index (κ2) is 5.75. The third kappa shape index (κ3) is 2.49. The third-order valence-electron chi connectivity index (χ3n) is 3.92. The van der Waals surface area contributed by atoms with E-state index in [1.54, 1.807) is 24.5 Å². The molecule has 0 spiro atoms. The van der Waals surface area contributed by atoms with Crippen LogP contribution in [0.2, 0.25) is 0 Å². The maximum atomic E-state index is 11.7. The predicted molar refractivity (Wildman–Crippen MR) is 99.5 cm³/mol. The minimum atomic E-state index is -0.416. The summed E-state index contributed by atoms with van der Waals surface area (Å²) in [5.41, 5.74) is 4.06. The van der Waals surface area contributed by atoms with Crippen LogP contribution in [-0.2, 0) is 4.79 Å². The van der Waals surface area contributed by atoms with E-state index in [2.05, 4.69) is 19.0 Å². The van der Waals surface area contributed by atoms with Gasteiger partial charge < -0.3 is 4.42 Å². The number of rotatable bonds is 2. The Kier molecular flexibility index (Phi) is 3.37. The van der Waals surface area contributed by atoms with E-state index in [-0.39, 0.29) is 5.24 Å². The Morgan fingerprint density at radius 1 is 1.08 bits per heavy atom. The fourth-order valence-corrected chi connectivity index (χ4v) is 3.94. The Bertz CT molecular complexity index is 1240. The first-order valence-electron chi connectivity index (χ1n) is 7.52. The molecule has 4 heterocycles. The zero-order chi connectivity index (χ0) is 17.7. The number of aromatic nitrogens is 3. The lowest BCUT2D eigenvalue weighted by Crippen LogP contribution is -2.17. The summed E-state index contributed by atoms with van der Waals surface area (Å²) in [7, 11) is 0. The lowest BCUT2D eigenvalue weighted by Gasteiger charge is -2.01. The second-order valence-corrected chi connectivity index (χ2v) is 7.12. The summed E-state index contributed by atoms with van der Waals surface area (Å²) in [6, 6.07) is 7.58. The minimum Gasteiger partial charge on any atom is -0.456 e. The van der Waals surface area contributed by atoms with Crippen LogP contribution >= 0.6 is 23.5 Å². The number of amides is 2. The fourth-order valence-electron chi connectivity index (χ4n) is 2.76. The van der Waals surface area contributed by atoms with Crippen molar-refractivity contribution < 1.29 is 14.0 Å². The SMILES string of the molecule is O=C1NC(=O)C(=Cc2cc3cncc(-c4ccc5nsnc5c4)c3o2)S1. The first kappa shape index (κ1) is 15.2. The maximum absolute atomic E-state index is 11.7. The number of nitrogens with one attached hydrogen (secondary N) is 1. The first-order chi connectivity index (χ1) is 12.7. The van der Waals surface area contributed by atoms with Crippen molar-refractivity contribution in [2.75, 3.05) is 0 Å². The van der Waals surface area contributed by atoms with Crippen LogP contribution in [0.4, 0.5) is 4.79 Å². The van der Waals surface area contributed by atoms with E-state index in [4.69, 9.17) is 4.42 Å². The Hall–Kier alpha value is -3.04. The summed E-state index contributed by atoms with van der Waals surface area (Å²) in [5.74, 6) is 0.0679. The molecular weight excluding hydrogens is 372 g/mol. The van der Waals surface area contributed by atoms with Gasteiger partial charge in [-0.3, -0.25) is 19.9 Å². The van der Waals surface area contributed by atoms with E-state index in [9.17, 15) is 9.59 Å². The van der Waals surface area contributed by atoms with E-state index in [1.165, 1.54) is 11.7 Å². The monoisotopic (exact) mass is 380 g/mol. The van der Waals surface area contributed by atoms with Crippen LogP contribution < -0.4 is 5.32 Å². The molecule has 0 bridgehead atoms. The molecule has 0 aliphatic carbocycles. The Labute approximate surface area is 154 Å². The summed E-state index contributed by atoms with van der Waals surface area (Å²) in [6.07, 6.45) is 4.98. The van der Waals surface area contributed by atoms with Gasteiger partial charge in [0.15, 0.2) is 0 Å². The van der Waals surface area contributed by atoms with Crippen LogP contribution in [0.5, 0.6) is 0 Å². The van der Waals surface area contributed by atoms with Gasteiger partial charge in [0.05, 0.1) is 16.6 Å². The molecule has 0 radical (unpaired) electrons. The van der Waals surface area contributed by atoms with E-state index < -0.39 is 5.91 Å². The van der Waals surface area contributed by atoms with Crippen LogP contribution in [0.1, 0.15) is 5.76 Å². The number of pyridine rings is 1. The third-order valence-corrected chi connectivity index (χ3v) is 5.29. The summed E-state index contributed by atoms with van der Waals surface area (Å²) in [4.78, 5) is 27.6. The standard InChI is InChI=1S/C17H8N4O3S2/c22-16-14(25-17(23)19-16)5-10-3-9-6-18-7-11(15(9)24-10)8-1-2-12-13(4-8)21-26-20-12/h1-7H,(H,19,22,23). The molecule has 0 atom stereocenters. The molecule has 5 rings (SSSR count). The van der Waals surface area contributed by atoms with Crippen LogP contribution in [0.25, 0.3) is 39.2 Å². The molecule has 1 saturated heterocycles. The van der Waals surface area contributed by atoms with Gasteiger partial charge in [-0.05, 0) is 35.5 Å². The number of benzene rings is 1. The molecule has 9 heteroatoms. The van der Waals surface area contributed by atoms with Gasteiger partial charge in [-0.15, -0.1) is 0 Å². The number of hydrogen-bond acceptors (Lipinski definition) is 8. The fraction of sp³-hybridized carbons (Fsp3) is 0. The van der Waals surface area contributed by atoms with Crippen molar-refractivity contribution in [1.29, 1.82) is 0 Å². The molecular formula is C17H8N4O3S2. The number of carbonyl (C=O) groups is 2. The van der Waals surface area contributed by atoms with Crippen molar-refractivity contribution in [3.8, 4) is 11.1 Å². The van der Waals surface area contributed by atoms with E-state index in [0.717, 1.165) is 39.3 Å². The molecule has 0 saturated carbocycles. The van der Waals surface area contributed by atoms with Gasteiger partial charge in [0, 0.05) is 29.4 Å². The molecule has 7 nitrogen and oxygen atoms in total. The van der Waals surface area contributed by atoms with Gasteiger partial charge in [0.1, 0.15) is 22.4 Å². The van der Waals surface area contributed by atoms with Crippen LogP contribution in [-0.4, -0.2) is 24.9 Å². The topological polar surface area (TPSA) is 98.0 Å². The van der Waals surface area contributed by atoms with E-state index in [0.29, 0.717) is 16.2 Å². The van der Waals surface area contributed by atoms with E-state index >= 15 is 0 Å². The second-order valence-electron chi connectivity index (χ2n) is 5.57. The molecule has 26 heavy (non-hydrogen) atoms. The highest BCUT2D eigenvalue weighted by Gasteiger charge is 2.25. The largest absolute Gasteiger partial charge is 0.456 e. The van der Waals surface area contributed by atoms with Crippen LogP contribution in [0, 0.1) is 0 Å². The molecule has 3 aromatic heterocycles. The van der Waals surface area contributed by atoms with Crippen molar-refractivity contribution in [3.63, 3.8) is 0 Å². The molecule has 4 aromatic rings. The summed E-state index contributed by atoms with van der Waals surface area (Å²) in [5, 5.41) is 2.65. The Balaban J connectivity index is 1.63. The number of furan rings is 1. The first-order valence-corrected chi connectivity index (χ1v) is 9.07. The number of nitrogens with zero attached hydrogens (tertiary/aromatic N) is 3. The predicted octanol–water partition coefficient (Wildman–Crippen LogP) is 3.82. The molecule has 0 unspecified atom stereocenters. The quantitative estimate of drug-likeness (QED) is 0.528. The highest BCUT2D eigenvalue weighted by atomic mass is 32.2. The number of fused-ring (bicyclic) bond motifs is 2. The lowest BCUT2D eigenvalue weighted by atomic mass is 10.1. The molecule has 2 amide bonds. The zero-order valence-corrected chi connectivity index (χ0v) is 14.6. The van der Waals surface area contributed by atoms with Gasteiger partial charge in [-0.1, -0.05) is 6.07 Å². The van der Waals surface area contributed by atoms with Crippen molar-refractivity contribution in [3.05, 3.63) is 47.3 Å².